The highest BCUT2D eigenvalue weighted by Gasteiger charge is 2.16. The highest BCUT2D eigenvalue weighted by Crippen LogP contribution is 2.12. The number of fused-ring (bicyclic) bond motifs is 1. The number of rotatable bonds is 3. The molecule has 16 heavy (non-hydrogen) atoms. The molecule has 86 valence electrons. The van der Waals surface area contributed by atoms with Gasteiger partial charge in [-0.15, -0.1) is 10.2 Å². The Morgan fingerprint density at radius 2 is 2.12 bits per heavy atom. The van der Waals surface area contributed by atoms with Gasteiger partial charge in [0.1, 0.15) is 0 Å². The Hall–Kier alpha value is -1.47. The van der Waals surface area contributed by atoms with Gasteiger partial charge in [0, 0.05) is 6.20 Å². The Morgan fingerprint density at radius 1 is 1.38 bits per heavy atom. The van der Waals surface area contributed by atoms with E-state index in [4.69, 9.17) is 0 Å². The summed E-state index contributed by atoms with van der Waals surface area (Å²) in [6.07, 6.45) is 2.91. The van der Waals surface area contributed by atoms with Gasteiger partial charge >= 0.3 is 0 Å². The molecule has 0 aliphatic carbocycles. The van der Waals surface area contributed by atoms with Crippen LogP contribution >= 0.6 is 0 Å². The van der Waals surface area contributed by atoms with Crippen molar-refractivity contribution in [3.8, 4) is 0 Å². The minimum Gasteiger partial charge on any atom is -0.285 e. The smallest absolute Gasteiger partial charge is 0.209 e. The molecule has 1 N–H and O–H groups in total. The Bertz CT molecular complexity index is 605. The molecule has 6 nitrogen and oxygen atoms in total. The zero-order chi connectivity index (χ0) is 11.8. The SMILES string of the molecule is C[C@H](NS(C)(=O)=O)c1nnc2ccccn12. The summed E-state index contributed by atoms with van der Waals surface area (Å²) in [6.45, 7) is 1.73. The van der Waals surface area contributed by atoms with Crippen molar-refractivity contribution in [1.82, 2.24) is 19.3 Å². The summed E-state index contributed by atoms with van der Waals surface area (Å²) in [5, 5.41) is 7.91. The molecular formula is C9H12N4O2S. The number of nitrogens with one attached hydrogen (secondary N) is 1. The second kappa shape index (κ2) is 3.84. The third kappa shape index (κ3) is 2.20. The maximum atomic E-state index is 11.1. The fourth-order valence-corrected chi connectivity index (χ4v) is 2.28. The summed E-state index contributed by atoms with van der Waals surface area (Å²) in [6, 6.07) is 5.09. The van der Waals surface area contributed by atoms with Crippen LogP contribution in [0.2, 0.25) is 0 Å². The van der Waals surface area contributed by atoms with Crippen molar-refractivity contribution in [2.75, 3.05) is 6.26 Å². The van der Waals surface area contributed by atoms with Crippen molar-refractivity contribution >= 4 is 15.7 Å². The molecule has 2 heterocycles. The summed E-state index contributed by atoms with van der Waals surface area (Å²) < 4.78 is 26.4. The number of nitrogens with zero attached hydrogens (tertiary/aromatic N) is 3. The fourth-order valence-electron chi connectivity index (χ4n) is 1.53. The first kappa shape index (κ1) is 11.0. The summed E-state index contributed by atoms with van der Waals surface area (Å²) in [5.74, 6) is 0.570. The van der Waals surface area contributed by atoms with E-state index in [1.54, 1.807) is 17.5 Å². The van der Waals surface area contributed by atoms with E-state index < -0.39 is 16.1 Å². The predicted molar refractivity (Wildman–Crippen MR) is 59.4 cm³/mol. The molecule has 0 aliphatic rings. The molecule has 0 bridgehead atoms. The highest BCUT2D eigenvalue weighted by molar-refractivity contribution is 7.88. The van der Waals surface area contributed by atoms with Crippen molar-refractivity contribution in [3.63, 3.8) is 0 Å². The lowest BCUT2D eigenvalue weighted by Crippen LogP contribution is -2.26. The molecule has 0 unspecified atom stereocenters. The van der Waals surface area contributed by atoms with Crippen molar-refractivity contribution in [2.45, 2.75) is 13.0 Å². The lowest BCUT2D eigenvalue weighted by atomic mass is 10.3. The van der Waals surface area contributed by atoms with E-state index in [0.717, 1.165) is 6.26 Å². The number of sulfonamides is 1. The molecule has 2 aromatic heterocycles. The van der Waals surface area contributed by atoms with Gasteiger partial charge in [-0.1, -0.05) is 6.07 Å². The second-order valence-electron chi connectivity index (χ2n) is 3.60. The molecule has 0 saturated carbocycles. The fraction of sp³-hybridized carbons (Fsp3) is 0.333. The zero-order valence-electron chi connectivity index (χ0n) is 8.95. The Morgan fingerprint density at radius 3 is 2.81 bits per heavy atom. The molecule has 1 atom stereocenters. The first-order valence-corrected chi connectivity index (χ1v) is 6.63. The van der Waals surface area contributed by atoms with Crippen LogP contribution in [-0.4, -0.2) is 29.3 Å². The van der Waals surface area contributed by atoms with E-state index in [1.807, 2.05) is 18.2 Å². The van der Waals surface area contributed by atoms with E-state index >= 15 is 0 Å². The van der Waals surface area contributed by atoms with Crippen LogP contribution < -0.4 is 4.72 Å². The normalized spacial score (nSPS) is 14.1. The van der Waals surface area contributed by atoms with E-state index in [-0.39, 0.29) is 0 Å². The van der Waals surface area contributed by atoms with Crippen LogP contribution in [0.4, 0.5) is 0 Å². The van der Waals surface area contributed by atoms with Gasteiger partial charge in [-0.2, -0.15) is 0 Å². The molecule has 0 radical (unpaired) electrons. The van der Waals surface area contributed by atoms with Gasteiger partial charge in [-0.25, -0.2) is 13.1 Å². The van der Waals surface area contributed by atoms with E-state index in [1.165, 1.54) is 0 Å². The molecule has 0 aliphatic heterocycles. The van der Waals surface area contributed by atoms with Crippen molar-refractivity contribution in [3.05, 3.63) is 30.2 Å². The van der Waals surface area contributed by atoms with E-state index in [0.29, 0.717) is 11.5 Å². The molecule has 0 amide bonds. The van der Waals surface area contributed by atoms with Crippen LogP contribution in [0.15, 0.2) is 24.4 Å². The number of aromatic nitrogens is 3. The molecule has 0 fully saturated rings. The van der Waals surface area contributed by atoms with Crippen LogP contribution in [0.3, 0.4) is 0 Å². The maximum absolute atomic E-state index is 11.1. The minimum atomic E-state index is -3.25. The molecule has 0 saturated heterocycles. The first-order chi connectivity index (χ1) is 7.47. The quantitative estimate of drug-likeness (QED) is 0.839. The van der Waals surface area contributed by atoms with Crippen LogP contribution in [0.25, 0.3) is 5.65 Å². The van der Waals surface area contributed by atoms with Gasteiger partial charge in [0.15, 0.2) is 11.5 Å². The van der Waals surface area contributed by atoms with Gasteiger partial charge in [-0.05, 0) is 19.1 Å². The number of hydrogen-bond donors (Lipinski definition) is 1. The molecule has 2 aromatic rings. The molecule has 7 heteroatoms. The molecule has 0 aromatic carbocycles. The molecule has 0 spiro atoms. The summed E-state index contributed by atoms with van der Waals surface area (Å²) in [4.78, 5) is 0. The summed E-state index contributed by atoms with van der Waals surface area (Å²) in [7, 11) is -3.25. The van der Waals surface area contributed by atoms with Gasteiger partial charge in [-0.3, -0.25) is 4.40 Å². The van der Waals surface area contributed by atoms with Crippen molar-refractivity contribution in [1.29, 1.82) is 0 Å². The van der Waals surface area contributed by atoms with Crippen LogP contribution in [-0.2, 0) is 10.0 Å². The molecular weight excluding hydrogens is 228 g/mol. The third-order valence-electron chi connectivity index (χ3n) is 2.12. The number of hydrogen-bond acceptors (Lipinski definition) is 4. The summed E-state index contributed by atoms with van der Waals surface area (Å²) in [5.41, 5.74) is 0.694. The molecule has 2 rings (SSSR count). The lowest BCUT2D eigenvalue weighted by molar-refractivity contribution is 0.564. The van der Waals surface area contributed by atoms with Crippen LogP contribution in [0.1, 0.15) is 18.8 Å². The maximum Gasteiger partial charge on any atom is 0.209 e. The Balaban J connectivity index is 2.40. The Labute approximate surface area is 93.4 Å². The predicted octanol–water partition coefficient (Wildman–Crippen LogP) is 0.339. The van der Waals surface area contributed by atoms with E-state index in [2.05, 4.69) is 14.9 Å². The number of pyridine rings is 1. The topological polar surface area (TPSA) is 76.4 Å². The first-order valence-electron chi connectivity index (χ1n) is 4.74. The largest absolute Gasteiger partial charge is 0.285 e. The Kier molecular flexibility index (Phi) is 2.64. The highest BCUT2D eigenvalue weighted by atomic mass is 32.2. The second-order valence-corrected chi connectivity index (χ2v) is 5.38. The standard InChI is InChI=1S/C9H12N4O2S/c1-7(12-16(2,14)15)9-11-10-8-5-3-4-6-13(8)9/h3-7,12H,1-2H3/t7-/m0/s1. The van der Waals surface area contributed by atoms with E-state index in [9.17, 15) is 8.42 Å². The van der Waals surface area contributed by atoms with Gasteiger partial charge in [0.05, 0.1) is 12.3 Å². The van der Waals surface area contributed by atoms with Crippen molar-refractivity contribution in [2.24, 2.45) is 0 Å². The van der Waals surface area contributed by atoms with Crippen molar-refractivity contribution < 1.29 is 8.42 Å². The van der Waals surface area contributed by atoms with Crippen LogP contribution in [0.5, 0.6) is 0 Å². The zero-order valence-corrected chi connectivity index (χ0v) is 9.77. The lowest BCUT2D eigenvalue weighted by Gasteiger charge is -2.09. The van der Waals surface area contributed by atoms with Gasteiger partial charge in [0.25, 0.3) is 0 Å². The average Bonchev–Trinajstić information content (AvgIpc) is 2.58. The van der Waals surface area contributed by atoms with Gasteiger partial charge < -0.3 is 0 Å². The van der Waals surface area contributed by atoms with Gasteiger partial charge in [0.2, 0.25) is 10.0 Å². The summed E-state index contributed by atoms with van der Waals surface area (Å²) >= 11 is 0. The monoisotopic (exact) mass is 240 g/mol. The average molecular weight is 240 g/mol. The van der Waals surface area contributed by atoms with Crippen LogP contribution in [0, 0.1) is 0 Å². The third-order valence-corrected chi connectivity index (χ3v) is 2.90. The minimum absolute atomic E-state index is 0.410.